The van der Waals surface area contributed by atoms with E-state index in [0.717, 1.165) is 0 Å². The van der Waals surface area contributed by atoms with Gasteiger partial charge in [-0.3, -0.25) is 5.43 Å². The van der Waals surface area contributed by atoms with Gasteiger partial charge in [-0.05, 0) is 40.2 Å². The lowest BCUT2D eigenvalue weighted by Crippen LogP contribution is -2.11. The number of hydrazine groups is 1. The van der Waals surface area contributed by atoms with Crippen molar-refractivity contribution in [1.29, 1.82) is 0 Å². The lowest BCUT2D eigenvalue weighted by Gasteiger charge is -2.10. The molecule has 5 nitrogen and oxygen atoms in total. The van der Waals surface area contributed by atoms with Crippen LogP contribution in [0.4, 0.5) is 10.3 Å². The van der Waals surface area contributed by atoms with Crippen LogP contribution in [-0.4, -0.2) is 9.97 Å². The van der Waals surface area contributed by atoms with Crippen molar-refractivity contribution in [3.8, 4) is 11.6 Å². The van der Waals surface area contributed by atoms with Gasteiger partial charge in [0.05, 0.1) is 15.4 Å². The van der Waals surface area contributed by atoms with E-state index in [2.05, 4.69) is 31.3 Å². The van der Waals surface area contributed by atoms with Crippen LogP contribution in [0.25, 0.3) is 10.9 Å². The number of ether oxygens (including phenoxy) is 1. The molecule has 0 spiro atoms. The topological polar surface area (TPSA) is 73.1 Å². The third-order valence-electron chi connectivity index (χ3n) is 2.80. The summed E-state index contributed by atoms with van der Waals surface area (Å²) < 4.78 is 19.7. The van der Waals surface area contributed by atoms with E-state index in [1.807, 2.05) is 24.3 Å². The molecule has 3 rings (SSSR count). The molecule has 0 bridgehead atoms. The molecule has 0 saturated carbocycles. The van der Waals surface area contributed by atoms with E-state index in [9.17, 15) is 4.39 Å². The minimum absolute atomic E-state index is 0.219. The molecule has 7 heteroatoms. The van der Waals surface area contributed by atoms with Crippen LogP contribution in [0.15, 0.2) is 46.9 Å². The second-order valence-corrected chi connectivity index (χ2v) is 5.04. The van der Waals surface area contributed by atoms with Gasteiger partial charge in [-0.25, -0.2) is 15.2 Å². The summed E-state index contributed by atoms with van der Waals surface area (Å²) in [7, 11) is 0. The molecule has 0 amide bonds. The second kappa shape index (κ2) is 5.63. The molecule has 0 saturated heterocycles. The molecule has 0 aliphatic rings. The third kappa shape index (κ3) is 2.79. The number of anilines is 1. The van der Waals surface area contributed by atoms with Gasteiger partial charge in [0, 0.05) is 6.07 Å². The van der Waals surface area contributed by atoms with Gasteiger partial charge in [-0.2, -0.15) is 4.98 Å². The Morgan fingerprint density at radius 1 is 1.14 bits per heavy atom. The number of aromatic nitrogens is 2. The van der Waals surface area contributed by atoms with Gasteiger partial charge in [0.25, 0.3) is 0 Å². The fraction of sp³-hybridized carbons (Fsp3) is 0. The minimum atomic E-state index is -0.399. The first-order valence-electron chi connectivity index (χ1n) is 6.03. The number of benzene rings is 2. The summed E-state index contributed by atoms with van der Waals surface area (Å²) in [4.78, 5) is 8.40. The Kier molecular flexibility index (Phi) is 3.68. The monoisotopic (exact) mass is 348 g/mol. The van der Waals surface area contributed by atoms with E-state index in [1.54, 1.807) is 6.07 Å². The first-order chi connectivity index (χ1) is 10.2. The number of nitrogens with one attached hydrogen (secondary N) is 1. The average Bonchev–Trinajstić information content (AvgIpc) is 2.50. The largest absolute Gasteiger partial charge is 0.437 e. The van der Waals surface area contributed by atoms with E-state index in [0.29, 0.717) is 27.0 Å². The number of rotatable bonds is 3. The van der Waals surface area contributed by atoms with Gasteiger partial charge in [-0.15, -0.1) is 0 Å². The first kappa shape index (κ1) is 13.7. The van der Waals surface area contributed by atoms with Crippen molar-refractivity contribution in [3.05, 3.63) is 52.8 Å². The fourth-order valence-corrected chi connectivity index (χ4v) is 2.18. The van der Waals surface area contributed by atoms with Gasteiger partial charge < -0.3 is 4.74 Å². The highest BCUT2D eigenvalue weighted by atomic mass is 79.9. The number of hydrogen-bond donors (Lipinski definition) is 2. The molecule has 21 heavy (non-hydrogen) atoms. The lowest BCUT2D eigenvalue weighted by molar-refractivity contribution is 0.461. The van der Waals surface area contributed by atoms with Crippen molar-refractivity contribution >= 4 is 32.8 Å². The molecule has 1 heterocycles. The van der Waals surface area contributed by atoms with Crippen molar-refractivity contribution in [2.24, 2.45) is 5.84 Å². The molecule has 3 aromatic rings. The van der Waals surface area contributed by atoms with Crippen LogP contribution in [0.2, 0.25) is 0 Å². The SMILES string of the molecule is NNc1nc(Oc2cc(F)ccc2Br)c2ccccc2n1. The Labute approximate surface area is 128 Å². The zero-order valence-corrected chi connectivity index (χ0v) is 12.3. The predicted molar refractivity (Wildman–Crippen MR) is 81.5 cm³/mol. The Bertz CT molecular complexity index is 812. The van der Waals surface area contributed by atoms with Crippen molar-refractivity contribution in [3.63, 3.8) is 0 Å². The summed E-state index contributed by atoms with van der Waals surface area (Å²) in [6.07, 6.45) is 0. The maximum Gasteiger partial charge on any atom is 0.241 e. The number of nitrogen functional groups attached to an aromatic ring is 1. The molecule has 1 aromatic heterocycles. The van der Waals surface area contributed by atoms with Gasteiger partial charge in [0.15, 0.2) is 0 Å². The van der Waals surface area contributed by atoms with Crippen molar-refractivity contribution in [2.75, 3.05) is 5.43 Å². The van der Waals surface area contributed by atoms with Crippen LogP contribution >= 0.6 is 15.9 Å². The minimum Gasteiger partial charge on any atom is -0.437 e. The average molecular weight is 349 g/mol. The molecule has 0 aliphatic carbocycles. The molecule has 0 aliphatic heterocycles. The molecule has 0 atom stereocenters. The second-order valence-electron chi connectivity index (χ2n) is 4.19. The predicted octanol–water partition coefficient (Wildman–Crippen LogP) is 3.61. The summed E-state index contributed by atoms with van der Waals surface area (Å²) in [6.45, 7) is 0. The van der Waals surface area contributed by atoms with Crippen LogP contribution in [0.3, 0.4) is 0 Å². The number of fused-ring (bicyclic) bond motifs is 1. The maximum absolute atomic E-state index is 13.3. The Morgan fingerprint density at radius 2 is 1.95 bits per heavy atom. The van der Waals surface area contributed by atoms with E-state index < -0.39 is 5.82 Å². The standard InChI is InChI=1S/C14H10BrFN4O/c15-10-6-5-8(16)7-12(10)21-13-9-3-1-2-4-11(9)18-14(19-13)20-17/h1-7H,17H2,(H,18,19,20). The zero-order valence-electron chi connectivity index (χ0n) is 10.7. The summed E-state index contributed by atoms with van der Waals surface area (Å²) in [5.41, 5.74) is 3.05. The van der Waals surface area contributed by atoms with Crippen LogP contribution in [0, 0.1) is 5.82 Å². The van der Waals surface area contributed by atoms with Crippen LogP contribution in [-0.2, 0) is 0 Å². The molecular formula is C14H10BrFN4O. The smallest absolute Gasteiger partial charge is 0.241 e. The quantitative estimate of drug-likeness (QED) is 0.558. The molecular weight excluding hydrogens is 339 g/mol. The number of hydrogen-bond acceptors (Lipinski definition) is 5. The van der Waals surface area contributed by atoms with Crippen LogP contribution in [0.5, 0.6) is 11.6 Å². The third-order valence-corrected chi connectivity index (χ3v) is 3.45. The Balaban J connectivity index is 2.13. The van der Waals surface area contributed by atoms with Gasteiger partial charge >= 0.3 is 0 Å². The maximum atomic E-state index is 13.3. The molecule has 2 aromatic carbocycles. The number of nitrogens with zero attached hydrogens (tertiary/aromatic N) is 2. The van der Waals surface area contributed by atoms with Gasteiger partial charge in [-0.1, -0.05) is 12.1 Å². The number of halogens is 2. The van der Waals surface area contributed by atoms with Crippen molar-refractivity contribution < 1.29 is 9.13 Å². The van der Waals surface area contributed by atoms with E-state index in [-0.39, 0.29) is 5.95 Å². The summed E-state index contributed by atoms with van der Waals surface area (Å²) in [6, 6.07) is 11.5. The van der Waals surface area contributed by atoms with E-state index >= 15 is 0 Å². The van der Waals surface area contributed by atoms with Gasteiger partial charge in [0.2, 0.25) is 11.8 Å². The van der Waals surface area contributed by atoms with Crippen molar-refractivity contribution in [1.82, 2.24) is 9.97 Å². The summed E-state index contributed by atoms with van der Waals surface area (Å²) >= 11 is 3.31. The zero-order chi connectivity index (χ0) is 14.8. The summed E-state index contributed by atoms with van der Waals surface area (Å²) in [5.74, 6) is 5.79. The summed E-state index contributed by atoms with van der Waals surface area (Å²) in [5, 5.41) is 0.702. The molecule has 106 valence electrons. The fourth-order valence-electron chi connectivity index (χ4n) is 1.85. The van der Waals surface area contributed by atoms with Crippen LogP contribution < -0.4 is 16.0 Å². The normalized spacial score (nSPS) is 10.6. The molecule has 0 fully saturated rings. The van der Waals surface area contributed by atoms with E-state index in [1.165, 1.54) is 12.1 Å². The highest BCUT2D eigenvalue weighted by Gasteiger charge is 2.11. The highest BCUT2D eigenvalue weighted by Crippen LogP contribution is 2.33. The van der Waals surface area contributed by atoms with Crippen LogP contribution in [0.1, 0.15) is 0 Å². The van der Waals surface area contributed by atoms with E-state index in [4.69, 9.17) is 10.6 Å². The molecule has 3 N–H and O–H groups in total. The molecule has 0 unspecified atom stereocenters. The Hall–Kier alpha value is -2.25. The Morgan fingerprint density at radius 3 is 2.76 bits per heavy atom. The van der Waals surface area contributed by atoms with Gasteiger partial charge in [0.1, 0.15) is 11.6 Å². The number of para-hydroxylation sites is 1. The highest BCUT2D eigenvalue weighted by molar-refractivity contribution is 9.10. The number of nitrogens with two attached hydrogens (primary N) is 1. The first-order valence-corrected chi connectivity index (χ1v) is 6.83. The molecule has 0 radical (unpaired) electrons. The lowest BCUT2D eigenvalue weighted by atomic mass is 10.2. The van der Waals surface area contributed by atoms with Crippen molar-refractivity contribution in [2.45, 2.75) is 0 Å².